The number of unbranched alkanes of at least 4 members (excludes halogenated alkanes) is 1. The van der Waals surface area contributed by atoms with Crippen molar-refractivity contribution in [2.75, 3.05) is 11.9 Å². The number of ether oxygens (including phenoxy) is 1. The SMILES string of the molecule is C=CC(=N)CCCC[C@@H](N)C(=O)NCCC(=N)CC(=O)c1ccc(NC2=CC=CC3C(c4ccc(OC5C=CC=CC=C5)c(F)c4F)=CN=C23)cc1CC. The van der Waals surface area contributed by atoms with Crippen LogP contribution in [0.25, 0.3) is 5.57 Å². The van der Waals surface area contributed by atoms with Gasteiger partial charge in [-0.2, -0.15) is 4.39 Å². The highest BCUT2D eigenvalue weighted by molar-refractivity contribution is 6.15. The van der Waals surface area contributed by atoms with Crippen LogP contribution < -0.4 is 21.1 Å². The number of rotatable bonds is 19. The Morgan fingerprint density at radius 1 is 1.02 bits per heavy atom. The molecule has 2 atom stereocenters. The molecule has 280 valence electrons. The molecule has 1 aliphatic heterocycles. The summed E-state index contributed by atoms with van der Waals surface area (Å²) in [7, 11) is 0. The monoisotopic (exact) mass is 732 g/mol. The zero-order valence-corrected chi connectivity index (χ0v) is 30.3. The molecule has 5 rings (SSSR count). The fourth-order valence-electron chi connectivity index (χ4n) is 6.33. The molecule has 0 bridgehead atoms. The minimum atomic E-state index is -1.07. The summed E-state index contributed by atoms with van der Waals surface area (Å²) in [4.78, 5) is 30.2. The first-order chi connectivity index (χ1) is 26.1. The van der Waals surface area contributed by atoms with Crippen LogP contribution in [0.3, 0.4) is 0 Å². The summed E-state index contributed by atoms with van der Waals surface area (Å²) in [6.45, 7) is 5.73. The zero-order chi connectivity index (χ0) is 38.6. The third-order valence-electron chi connectivity index (χ3n) is 9.33. The van der Waals surface area contributed by atoms with E-state index in [-0.39, 0.29) is 48.1 Å². The van der Waals surface area contributed by atoms with E-state index >= 15 is 8.78 Å². The van der Waals surface area contributed by atoms with E-state index in [1.165, 1.54) is 18.2 Å². The highest BCUT2D eigenvalue weighted by Crippen LogP contribution is 2.38. The second kappa shape index (κ2) is 18.8. The van der Waals surface area contributed by atoms with E-state index in [2.05, 4.69) is 22.2 Å². The van der Waals surface area contributed by atoms with Crippen molar-refractivity contribution in [3.8, 4) is 5.75 Å². The molecule has 0 radical (unpaired) electrons. The number of allylic oxidation sites excluding steroid dienone is 10. The van der Waals surface area contributed by atoms with Crippen molar-refractivity contribution in [2.24, 2.45) is 16.6 Å². The van der Waals surface area contributed by atoms with Gasteiger partial charge in [0.2, 0.25) is 11.7 Å². The minimum absolute atomic E-state index is 0.0732. The van der Waals surface area contributed by atoms with Crippen LogP contribution in [0.5, 0.6) is 5.75 Å². The number of nitrogens with two attached hydrogens (primary N) is 1. The summed E-state index contributed by atoms with van der Waals surface area (Å²) >= 11 is 0. The second-order valence-corrected chi connectivity index (χ2v) is 13.2. The summed E-state index contributed by atoms with van der Waals surface area (Å²) in [5.41, 5.74) is 10.7. The van der Waals surface area contributed by atoms with Crippen molar-refractivity contribution in [1.29, 1.82) is 10.8 Å². The number of ketones is 1. The van der Waals surface area contributed by atoms with Crippen molar-refractivity contribution in [2.45, 2.75) is 64.0 Å². The normalized spacial score (nSPS) is 16.4. The molecule has 2 aromatic rings. The smallest absolute Gasteiger partial charge is 0.236 e. The Bertz CT molecular complexity index is 2010. The number of carbonyl (C=O) groups is 2. The molecular weight excluding hydrogens is 687 g/mol. The number of Topliss-reactive ketones (excluding diaryl/α,β-unsaturated/α-hetero) is 1. The molecule has 0 fully saturated rings. The molecule has 0 aromatic heterocycles. The molecule has 54 heavy (non-hydrogen) atoms. The summed E-state index contributed by atoms with van der Waals surface area (Å²) in [6.07, 6.45) is 22.1. The number of benzene rings is 2. The third kappa shape index (κ3) is 9.99. The van der Waals surface area contributed by atoms with Gasteiger partial charge in [0.25, 0.3) is 0 Å². The van der Waals surface area contributed by atoms with Crippen molar-refractivity contribution in [3.63, 3.8) is 0 Å². The van der Waals surface area contributed by atoms with Gasteiger partial charge in [-0.25, -0.2) is 4.39 Å². The van der Waals surface area contributed by atoms with Gasteiger partial charge in [0.15, 0.2) is 17.3 Å². The zero-order valence-electron chi connectivity index (χ0n) is 30.3. The number of hydrogen-bond acceptors (Lipinski definition) is 8. The van der Waals surface area contributed by atoms with E-state index in [0.717, 1.165) is 24.1 Å². The van der Waals surface area contributed by atoms with Crippen molar-refractivity contribution >= 4 is 40.1 Å². The first kappa shape index (κ1) is 39.4. The van der Waals surface area contributed by atoms with Gasteiger partial charge >= 0.3 is 0 Å². The van der Waals surface area contributed by atoms with E-state index < -0.39 is 29.7 Å². The van der Waals surface area contributed by atoms with E-state index in [1.807, 2.05) is 43.4 Å². The molecule has 1 amide bonds. The van der Waals surface area contributed by atoms with Gasteiger partial charge in [-0.05, 0) is 91.5 Å². The van der Waals surface area contributed by atoms with Crippen LogP contribution in [0.4, 0.5) is 14.5 Å². The van der Waals surface area contributed by atoms with Crippen LogP contribution in [0.15, 0.2) is 115 Å². The van der Waals surface area contributed by atoms with Crippen LogP contribution in [0.1, 0.15) is 66.9 Å². The van der Waals surface area contributed by atoms with E-state index in [9.17, 15) is 9.59 Å². The number of halogens is 2. The molecule has 1 heterocycles. The molecule has 11 heteroatoms. The Labute approximate surface area is 314 Å². The molecule has 0 saturated heterocycles. The Morgan fingerprint density at radius 3 is 2.54 bits per heavy atom. The number of hydrogen-bond donors (Lipinski definition) is 5. The highest BCUT2D eigenvalue weighted by atomic mass is 19.2. The van der Waals surface area contributed by atoms with Crippen LogP contribution in [0.2, 0.25) is 0 Å². The van der Waals surface area contributed by atoms with Crippen molar-refractivity contribution in [3.05, 3.63) is 138 Å². The van der Waals surface area contributed by atoms with Gasteiger partial charge in [-0.1, -0.05) is 56.4 Å². The van der Waals surface area contributed by atoms with E-state index in [4.69, 9.17) is 21.3 Å². The summed E-state index contributed by atoms with van der Waals surface area (Å²) < 4.78 is 36.4. The fraction of sp³-hybridized carbons (Fsp3) is 0.279. The largest absolute Gasteiger partial charge is 0.479 e. The van der Waals surface area contributed by atoms with Crippen LogP contribution in [-0.4, -0.2) is 47.5 Å². The molecule has 9 nitrogen and oxygen atoms in total. The maximum absolute atomic E-state index is 15.5. The molecule has 3 aliphatic rings. The number of fused-ring (bicyclic) bond motifs is 1. The van der Waals surface area contributed by atoms with Gasteiger partial charge in [0.05, 0.1) is 17.5 Å². The quantitative estimate of drug-likeness (QED) is 0.0561. The van der Waals surface area contributed by atoms with Crippen LogP contribution >= 0.6 is 0 Å². The molecule has 1 unspecified atom stereocenters. The third-order valence-corrected chi connectivity index (χ3v) is 9.33. The first-order valence-corrected chi connectivity index (χ1v) is 18.2. The molecule has 0 spiro atoms. The maximum atomic E-state index is 15.5. The number of nitrogens with one attached hydrogen (secondary N) is 4. The standard InChI is InChI=1S/C43H46F2N6O3/c1-3-27-24-30(18-19-32(27)38(52)25-29(47)22-23-49-43(53)36(48)16-10-9-12-28(46)4-2)51-37-17-11-15-34-35(26-50-42(34)37)33-20-21-39(41(45)40(33)44)54-31-13-7-5-6-8-14-31/h4-8,11,13-15,17-21,24,26,31,34,36,46-47,51H,2-3,9-10,12,16,22-23,25,48H2,1H3,(H,49,53)/t34?,36-/m1/s1. The Balaban J connectivity index is 1.14. The summed E-state index contributed by atoms with van der Waals surface area (Å²) in [6, 6.07) is 7.70. The topological polar surface area (TPSA) is 154 Å². The summed E-state index contributed by atoms with van der Waals surface area (Å²) in [5.74, 6) is -3.14. The predicted molar refractivity (Wildman–Crippen MR) is 212 cm³/mol. The number of anilines is 1. The predicted octanol–water partition coefficient (Wildman–Crippen LogP) is 8.13. The second-order valence-electron chi connectivity index (χ2n) is 13.2. The lowest BCUT2D eigenvalue weighted by atomic mass is 9.86. The maximum Gasteiger partial charge on any atom is 0.236 e. The molecule has 0 saturated carbocycles. The van der Waals surface area contributed by atoms with Crippen LogP contribution in [-0.2, 0) is 11.2 Å². The van der Waals surface area contributed by atoms with Gasteiger partial charge in [-0.15, -0.1) is 0 Å². The highest BCUT2D eigenvalue weighted by Gasteiger charge is 2.31. The fourth-order valence-corrected chi connectivity index (χ4v) is 6.33. The molecule has 2 aliphatic carbocycles. The number of nitrogens with zero attached hydrogens (tertiary/aromatic N) is 1. The molecule has 6 N–H and O–H groups in total. The minimum Gasteiger partial charge on any atom is -0.479 e. The Hall–Kier alpha value is -5.81. The number of amides is 1. The van der Waals surface area contributed by atoms with Gasteiger partial charge in [0.1, 0.15) is 6.10 Å². The lowest BCUT2D eigenvalue weighted by Gasteiger charge is -2.22. The average molecular weight is 733 g/mol. The van der Waals surface area contributed by atoms with Gasteiger partial charge in [-0.3, -0.25) is 14.6 Å². The Morgan fingerprint density at radius 2 is 1.80 bits per heavy atom. The number of aryl methyl sites for hydroxylation is 1. The summed E-state index contributed by atoms with van der Waals surface area (Å²) in [5, 5.41) is 22.1. The lowest BCUT2D eigenvalue weighted by Crippen LogP contribution is -2.41. The lowest BCUT2D eigenvalue weighted by molar-refractivity contribution is -0.122. The van der Waals surface area contributed by atoms with Crippen molar-refractivity contribution < 1.29 is 23.1 Å². The molecule has 2 aromatic carbocycles. The number of carbonyl (C=O) groups excluding carboxylic acids is 2. The van der Waals surface area contributed by atoms with Crippen LogP contribution in [0, 0.1) is 28.4 Å². The van der Waals surface area contributed by atoms with E-state index in [0.29, 0.717) is 47.5 Å². The molecular formula is C43H46F2N6O3. The van der Waals surface area contributed by atoms with E-state index in [1.54, 1.807) is 42.6 Å². The first-order valence-electron chi connectivity index (χ1n) is 18.2. The van der Waals surface area contributed by atoms with Crippen molar-refractivity contribution in [1.82, 2.24) is 5.32 Å². The van der Waals surface area contributed by atoms with Gasteiger partial charge in [0, 0.05) is 59.7 Å². The Kier molecular flexibility index (Phi) is 13.7. The average Bonchev–Trinajstić information content (AvgIpc) is 3.43. The number of aliphatic imine (C=N–C) groups is 1. The van der Waals surface area contributed by atoms with Gasteiger partial charge < -0.3 is 31.9 Å².